The van der Waals surface area contributed by atoms with Gasteiger partial charge in [-0.2, -0.15) is 0 Å². The van der Waals surface area contributed by atoms with Gasteiger partial charge in [0.05, 0.1) is 6.10 Å². The lowest BCUT2D eigenvalue weighted by Gasteiger charge is -2.17. The van der Waals surface area contributed by atoms with E-state index in [1.807, 2.05) is 30.3 Å². The van der Waals surface area contributed by atoms with Crippen LogP contribution in [-0.4, -0.2) is 53.4 Å². The second kappa shape index (κ2) is 6.94. The molecule has 2 aromatic carbocycles. The van der Waals surface area contributed by atoms with Gasteiger partial charge in [0, 0.05) is 31.2 Å². The molecule has 2 fully saturated rings. The molecule has 1 heterocycles. The van der Waals surface area contributed by atoms with Crippen LogP contribution in [-0.2, 0) is 4.79 Å². The number of ether oxygens (including phenoxy) is 1. The highest BCUT2D eigenvalue weighted by atomic mass is 19.1. The predicted octanol–water partition coefficient (Wildman–Crippen LogP) is 1.80. The van der Waals surface area contributed by atoms with Crippen LogP contribution in [0.4, 0.5) is 4.39 Å². The van der Waals surface area contributed by atoms with Crippen LogP contribution in [0, 0.1) is 17.2 Å². The van der Waals surface area contributed by atoms with Crippen molar-refractivity contribution in [3.8, 4) is 5.75 Å². The number of carbonyl (C=O) groups excluding carboxylic acids is 1. The van der Waals surface area contributed by atoms with Gasteiger partial charge in [-0.05, 0) is 29.5 Å². The fourth-order valence-corrected chi connectivity index (χ4v) is 4.55. The van der Waals surface area contributed by atoms with Crippen LogP contribution in [0.15, 0.2) is 54.6 Å². The molecule has 6 heteroatoms. The number of aliphatic hydroxyl groups is 2. The smallest absolute Gasteiger partial charge is 0.260 e. The van der Waals surface area contributed by atoms with E-state index in [9.17, 15) is 19.4 Å². The lowest BCUT2D eigenvalue weighted by Crippen LogP contribution is -2.34. The highest BCUT2D eigenvalue weighted by Crippen LogP contribution is 2.68. The number of halogens is 1. The van der Waals surface area contributed by atoms with E-state index in [4.69, 9.17) is 4.74 Å². The normalized spacial score (nSPS) is 29.1. The third-order valence-electron chi connectivity index (χ3n) is 5.91. The van der Waals surface area contributed by atoms with E-state index in [-0.39, 0.29) is 37.5 Å². The summed E-state index contributed by atoms with van der Waals surface area (Å²) in [6.07, 6.45) is -0.696. The van der Waals surface area contributed by atoms with Gasteiger partial charge in [-0.25, -0.2) is 4.39 Å². The zero-order chi connectivity index (χ0) is 19.0. The number of likely N-dealkylation sites (tertiary alicyclic amines) is 1. The minimum absolute atomic E-state index is 0.0284. The fraction of sp³-hybridized carbons (Fsp3) is 0.381. The lowest BCUT2D eigenvalue weighted by atomic mass is 9.95. The molecule has 1 saturated heterocycles. The maximum atomic E-state index is 13.2. The second-order valence-electron chi connectivity index (χ2n) is 7.33. The maximum Gasteiger partial charge on any atom is 0.260 e. The predicted molar refractivity (Wildman–Crippen MR) is 96.7 cm³/mol. The first-order chi connectivity index (χ1) is 13.1. The van der Waals surface area contributed by atoms with Crippen molar-refractivity contribution in [2.45, 2.75) is 12.0 Å². The molecule has 1 aliphatic heterocycles. The highest BCUT2D eigenvalue weighted by Gasteiger charge is 2.71. The SMILES string of the molecule is O=C(COc1cccc(F)c1)N1C[C@@H](O)[C@@]2(C1)[C@H](CO)[C@H]2c1ccccc1. The molecule has 4 atom stereocenters. The van der Waals surface area contributed by atoms with E-state index in [0.29, 0.717) is 12.3 Å². The summed E-state index contributed by atoms with van der Waals surface area (Å²) in [7, 11) is 0. The van der Waals surface area contributed by atoms with Crippen LogP contribution in [0.3, 0.4) is 0 Å². The first-order valence-corrected chi connectivity index (χ1v) is 9.06. The van der Waals surface area contributed by atoms with Crippen molar-refractivity contribution in [1.82, 2.24) is 4.90 Å². The van der Waals surface area contributed by atoms with Crippen molar-refractivity contribution >= 4 is 5.91 Å². The molecule has 1 spiro atoms. The van der Waals surface area contributed by atoms with Gasteiger partial charge in [0.25, 0.3) is 5.91 Å². The third-order valence-corrected chi connectivity index (χ3v) is 5.91. The first-order valence-electron chi connectivity index (χ1n) is 9.06. The number of nitrogens with zero attached hydrogens (tertiary/aromatic N) is 1. The third kappa shape index (κ3) is 3.09. The molecule has 0 unspecified atom stereocenters. The molecular formula is C21H22FNO4. The number of benzene rings is 2. The summed E-state index contributed by atoms with van der Waals surface area (Å²) in [4.78, 5) is 14.1. The summed E-state index contributed by atoms with van der Waals surface area (Å²) >= 11 is 0. The monoisotopic (exact) mass is 371 g/mol. The van der Waals surface area contributed by atoms with Crippen molar-refractivity contribution in [3.05, 3.63) is 66.0 Å². The molecule has 27 heavy (non-hydrogen) atoms. The summed E-state index contributed by atoms with van der Waals surface area (Å²) in [6.45, 7) is 0.347. The highest BCUT2D eigenvalue weighted by molar-refractivity contribution is 5.78. The van der Waals surface area contributed by atoms with E-state index < -0.39 is 17.3 Å². The molecule has 0 bridgehead atoms. The number of hydrogen-bond acceptors (Lipinski definition) is 4. The average Bonchev–Trinajstić information content (AvgIpc) is 3.21. The Bertz CT molecular complexity index is 830. The number of carbonyl (C=O) groups is 1. The first kappa shape index (κ1) is 17.9. The van der Waals surface area contributed by atoms with E-state index in [0.717, 1.165) is 5.56 Å². The van der Waals surface area contributed by atoms with Gasteiger partial charge >= 0.3 is 0 Å². The van der Waals surface area contributed by atoms with Crippen LogP contribution < -0.4 is 4.74 Å². The molecule has 0 radical (unpaired) electrons. The summed E-state index contributed by atoms with van der Waals surface area (Å²) < 4.78 is 18.6. The number of aliphatic hydroxyl groups excluding tert-OH is 2. The van der Waals surface area contributed by atoms with Gasteiger partial charge in [-0.15, -0.1) is 0 Å². The molecule has 4 rings (SSSR count). The molecule has 1 saturated carbocycles. The van der Waals surface area contributed by atoms with Crippen molar-refractivity contribution in [1.29, 1.82) is 0 Å². The van der Waals surface area contributed by atoms with Crippen LogP contribution in [0.2, 0.25) is 0 Å². The van der Waals surface area contributed by atoms with Gasteiger partial charge in [0.2, 0.25) is 0 Å². The van der Waals surface area contributed by atoms with E-state index >= 15 is 0 Å². The Morgan fingerprint density at radius 1 is 1.22 bits per heavy atom. The second-order valence-corrected chi connectivity index (χ2v) is 7.33. The van der Waals surface area contributed by atoms with Crippen molar-refractivity contribution < 1.29 is 24.1 Å². The minimum atomic E-state index is -0.696. The van der Waals surface area contributed by atoms with Crippen molar-refractivity contribution in [2.24, 2.45) is 11.3 Å². The Labute approximate surface area is 157 Å². The largest absolute Gasteiger partial charge is 0.484 e. The van der Waals surface area contributed by atoms with Crippen molar-refractivity contribution in [2.75, 3.05) is 26.3 Å². The van der Waals surface area contributed by atoms with Crippen LogP contribution >= 0.6 is 0 Å². The Morgan fingerprint density at radius 2 is 2.00 bits per heavy atom. The molecule has 5 nitrogen and oxygen atoms in total. The molecular weight excluding hydrogens is 349 g/mol. The molecule has 2 aliphatic rings. The Balaban J connectivity index is 1.44. The lowest BCUT2D eigenvalue weighted by molar-refractivity contribution is -0.132. The van der Waals surface area contributed by atoms with Gasteiger partial charge in [0.15, 0.2) is 6.61 Å². The molecule has 1 aliphatic carbocycles. The zero-order valence-corrected chi connectivity index (χ0v) is 14.8. The van der Waals surface area contributed by atoms with E-state index in [1.165, 1.54) is 18.2 Å². The zero-order valence-electron chi connectivity index (χ0n) is 14.8. The number of amides is 1. The Hall–Kier alpha value is -2.44. The minimum Gasteiger partial charge on any atom is -0.484 e. The van der Waals surface area contributed by atoms with Crippen LogP contribution in [0.25, 0.3) is 0 Å². The number of β-amino-alcohol motifs (C(OH)–C–C–N with tert-alkyl or cyclic N) is 1. The summed E-state index contributed by atoms with van der Waals surface area (Å²) in [5.41, 5.74) is 0.561. The Morgan fingerprint density at radius 3 is 2.70 bits per heavy atom. The Kier molecular flexibility index (Phi) is 4.61. The molecule has 2 aromatic rings. The van der Waals surface area contributed by atoms with Crippen LogP contribution in [0.1, 0.15) is 11.5 Å². The molecule has 1 amide bonds. The van der Waals surface area contributed by atoms with Gasteiger partial charge in [-0.1, -0.05) is 36.4 Å². The quantitative estimate of drug-likeness (QED) is 0.841. The fourth-order valence-electron chi connectivity index (χ4n) is 4.55. The topological polar surface area (TPSA) is 70.0 Å². The standard InChI is InChI=1S/C21H22FNO4/c22-15-7-4-8-16(9-15)27-12-19(26)23-10-18(25)21(13-23)17(11-24)20(21)14-5-2-1-3-6-14/h1-9,17-18,20,24-25H,10-13H2/t17-,18-,20-,21-/m1/s1. The molecule has 142 valence electrons. The molecule has 0 aromatic heterocycles. The van der Waals surface area contributed by atoms with Crippen LogP contribution in [0.5, 0.6) is 5.75 Å². The van der Waals surface area contributed by atoms with Gasteiger partial charge in [-0.3, -0.25) is 4.79 Å². The van der Waals surface area contributed by atoms with Gasteiger partial charge in [0.1, 0.15) is 11.6 Å². The number of hydrogen-bond donors (Lipinski definition) is 2. The van der Waals surface area contributed by atoms with E-state index in [2.05, 4.69) is 0 Å². The summed E-state index contributed by atoms with van der Waals surface area (Å²) in [6, 6.07) is 15.4. The molecule has 2 N–H and O–H groups in total. The number of rotatable bonds is 5. The van der Waals surface area contributed by atoms with E-state index in [1.54, 1.807) is 11.0 Å². The van der Waals surface area contributed by atoms with Crippen molar-refractivity contribution in [3.63, 3.8) is 0 Å². The average molecular weight is 371 g/mol. The maximum absolute atomic E-state index is 13.2. The van der Waals surface area contributed by atoms with Gasteiger partial charge < -0.3 is 19.8 Å². The summed E-state index contributed by atoms with van der Waals surface area (Å²) in [5, 5.41) is 20.5. The summed E-state index contributed by atoms with van der Waals surface area (Å²) in [5.74, 6) is -0.437.